The molecule has 0 fully saturated rings. The molecule has 0 saturated carbocycles. The quantitative estimate of drug-likeness (QED) is 0.376. The molecule has 3 aromatic rings. The summed E-state index contributed by atoms with van der Waals surface area (Å²) < 4.78 is 4.48. The van der Waals surface area contributed by atoms with Gasteiger partial charge in [-0.25, -0.2) is 15.0 Å². The Labute approximate surface area is 248 Å². The first-order valence-corrected chi connectivity index (χ1v) is 15.1. The number of pyridine rings is 1. The molecular weight excluding hydrogens is 510 g/mol. The van der Waals surface area contributed by atoms with Crippen molar-refractivity contribution in [2.45, 2.75) is 105 Å². The number of fused-ring (bicyclic) bond motifs is 3. The Morgan fingerprint density at radius 2 is 1.34 bits per heavy atom. The molecule has 3 aliphatic heterocycles. The zero-order valence-corrected chi connectivity index (χ0v) is 27.2. The van der Waals surface area contributed by atoms with Gasteiger partial charge in [0, 0.05) is 94.3 Å². The highest BCUT2D eigenvalue weighted by molar-refractivity contribution is 5.69. The Kier molecular flexibility index (Phi) is 9.19. The fraction of sp³-hybridized carbons (Fsp3) is 0.656. The number of hydrogen-bond donors (Lipinski definition) is 0. The van der Waals surface area contributed by atoms with E-state index in [4.69, 9.17) is 0 Å². The highest BCUT2D eigenvalue weighted by atomic mass is 15.3. The first kappa shape index (κ1) is 31.0. The molecule has 0 unspecified atom stereocenters. The van der Waals surface area contributed by atoms with Crippen LogP contribution in [0.4, 0.5) is 11.5 Å². The minimum absolute atomic E-state index is 0.166. The van der Waals surface area contributed by atoms with E-state index in [-0.39, 0.29) is 16.6 Å². The van der Waals surface area contributed by atoms with Gasteiger partial charge in [0.15, 0.2) is 5.82 Å². The molecule has 6 rings (SSSR count). The van der Waals surface area contributed by atoms with E-state index in [9.17, 15) is 0 Å². The highest BCUT2D eigenvalue weighted by Gasteiger charge is 2.29. The molecule has 0 N–H and O–H groups in total. The minimum Gasteiger partial charge on any atom is -0.362 e. The molecule has 9 nitrogen and oxygen atoms in total. The van der Waals surface area contributed by atoms with Crippen molar-refractivity contribution in [2.75, 3.05) is 43.0 Å². The lowest BCUT2D eigenvalue weighted by molar-refractivity contribution is 0.100. The van der Waals surface area contributed by atoms with Gasteiger partial charge >= 0.3 is 0 Å². The lowest BCUT2D eigenvalue weighted by atomic mass is 10.0. The van der Waals surface area contributed by atoms with E-state index in [1.165, 1.54) is 17.2 Å². The van der Waals surface area contributed by atoms with Gasteiger partial charge in [0.05, 0.1) is 24.3 Å². The van der Waals surface area contributed by atoms with Gasteiger partial charge in [-0.1, -0.05) is 0 Å². The van der Waals surface area contributed by atoms with Gasteiger partial charge in [0.25, 0.3) is 0 Å². The summed E-state index contributed by atoms with van der Waals surface area (Å²) in [7, 11) is 2.10. The van der Waals surface area contributed by atoms with Crippen LogP contribution < -0.4 is 9.80 Å². The molecule has 9 heteroatoms. The normalized spacial score (nSPS) is 17.9. The fourth-order valence-corrected chi connectivity index (χ4v) is 5.57. The molecular formula is C32H53N9. The van der Waals surface area contributed by atoms with Crippen LogP contribution in [-0.2, 0) is 26.2 Å². The number of nitrogens with zero attached hydrogens (tertiary/aromatic N) is 9. The molecule has 41 heavy (non-hydrogen) atoms. The van der Waals surface area contributed by atoms with Crippen LogP contribution in [0.1, 0.15) is 73.8 Å². The van der Waals surface area contributed by atoms with Crippen molar-refractivity contribution in [1.29, 1.82) is 0 Å². The second kappa shape index (κ2) is 12.1. The zero-order chi connectivity index (χ0) is 30.0. The summed E-state index contributed by atoms with van der Waals surface area (Å²) >= 11 is 0. The molecule has 6 heterocycles. The summed E-state index contributed by atoms with van der Waals surface area (Å²) in [5.41, 5.74) is 3.28. The molecule has 0 aromatic carbocycles. The van der Waals surface area contributed by atoms with Crippen molar-refractivity contribution in [2.24, 2.45) is 0 Å². The summed E-state index contributed by atoms with van der Waals surface area (Å²) in [5.74, 6) is 2.29. The smallest absolute Gasteiger partial charge is 0.151 e. The number of rotatable bonds is 0. The van der Waals surface area contributed by atoms with Crippen LogP contribution in [0.15, 0.2) is 43.2 Å². The number of hydrogen-bond acceptors (Lipinski definition) is 7. The van der Waals surface area contributed by atoms with E-state index >= 15 is 0 Å². The topological polar surface area (TPSA) is 61.5 Å². The number of likely N-dealkylation sites (N-methyl/N-ethyl adjacent to an activating group) is 1. The standard InChI is InChI=1S/C12H19N3.2C10H17N3/c1-12(2,3)15-9-8-14(4)11-10(15)6-5-7-13-11;1-10(2,3)13-5-4-12-8-11-6-9(12)7-13;1-10(2,3)13-7-6-12-5-4-11-9(12)8-13/h5-7H,8-9H2,1-4H3;6,8H,4-5,7H2,1-3H3;4-5H,6-8H2,1-3H3. The lowest BCUT2D eigenvalue weighted by Crippen LogP contribution is -2.49. The Morgan fingerprint density at radius 3 is 2.00 bits per heavy atom. The van der Waals surface area contributed by atoms with Gasteiger partial charge in [-0.05, 0) is 74.4 Å². The molecule has 0 amide bonds. The maximum absolute atomic E-state index is 4.45. The van der Waals surface area contributed by atoms with E-state index in [0.717, 1.165) is 58.2 Å². The van der Waals surface area contributed by atoms with Gasteiger partial charge in [0.2, 0.25) is 0 Å². The third kappa shape index (κ3) is 7.68. The first-order chi connectivity index (χ1) is 19.1. The summed E-state index contributed by atoms with van der Waals surface area (Å²) in [5, 5.41) is 0. The van der Waals surface area contributed by atoms with Crippen molar-refractivity contribution in [3.8, 4) is 0 Å². The monoisotopic (exact) mass is 563 g/mol. The van der Waals surface area contributed by atoms with E-state index < -0.39 is 0 Å². The van der Waals surface area contributed by atoms with Gasteiger partial charge in [0.1, 0.15) is 5.82 Å². The van der Waals surface area contributed by atoms with E-state index in [0.29, 0.717) is 0 Å². The van der Waals surface area contributed by atoms with Crippen molar-refractivity contribution >= 4 is 11.5 Å². The molecule has 3 aliphatic rings. The largest absolute Gasteiger partial charge is 0.362 e. The van der Waals surface area contributed by atoms with Gasteiger partial charge < -0.3 is 18.9 Å². The first-order valence-electron chi connectivity index (χ1n) is 15.1. The second-order valence-electron chi connectivity index (χ2n) is 14.4. The number of anilines is 2. The fourth-order valence-electron chi connectivity index (χ4n) is 5.57. The summed E-state index contributed by atoms with van der Waals surface area (Å²) in [6, 6.07) is 4.17. The molecule has 0 aliphatic carbocycles. The van der Waals surface area contributed by atoms with E-state index in [1.807, 2.05) is 31.0 Å². The van der Waals surface area contributed by atoms with Crippen LogP contribution in [0, 0.1) is 0 Å². The van der Waals surface area contributed by atoms with Crippen LogP contribution in [0.25, 0.3) is 0 Å². The molecule has 3 aromatic heterocycles. The Morgan fingerprint density at radius 1 is 0.683 bits per heavy atom. The Bertz CT molecular complexity index is 1190. The molecule has 0 radical (unpaired) electrons. The van der Waals surface area contributed by atoms with Crippen LogP contribution >= 0.6 is 0 Å². The SMILES string of the molecule is CC(C)(C)N1CCn2ccnc2C1.CC(C)(C)N1CCn2cncc2C1.CN1CCN(C(C)(C)C)c2cccnc21. The van der Waals surface area contributed by atoms with Gasteiger partial charge in [-0.2, -0.15) is 0 Å². The molecule has 0 spiro atoms. The minimum atomic E-state index is 0.166. The summed E-state index contributed by atoms with van der Waals surface area (Å²) in [6.07, 6.45) is 9.71. The lowest BCUT2D eigenvalue weighted by Gasteiger charge is -2.43. The van der Waals surface area contributed by atoms with Crippen molar-refractivity contribution in [3.63, 3.8) is 0 Å². The van der Waals surface area contributed by atoms with E-state index in [2.05, 4.69) is 125 Å². The maximum atomic E-state index is 4.45. The van der Waals surface area contributed by atoms with Crippen LogP contribution in [0.3, 0.4) is 0 Å². The van der Waals surface area contributed by atoms with Crippen molar-refractivity contribution in [3.05, 3.63) is 54.8 Å². The summed E-state index contributed by atoms with van der Waals surface area (Å²) in [6.45, 7) is 28.8. The van der Waals surface area contributed by atoms with E-state index in [1.54, 1.807) is 0 Å². The number of imidazole rings is 2. The summed E-state index contributed by atoms with van der Waals surface area (Å²) in [4.78, 5) is 22.6. The average molecular weight is 564 g/mol. The molecule has 226 valence electrons. The average Bonchev–Trinajstić information content (AvgIpc) is 3.57. The Balaban J connectivity index is 0.000000142. The second-order valence-corrected chi connectivity index (χ2v) is 14.4. The third-order valence-electron chi connectivity index (χ3n) is 8.29. The number of aromatic nitrogens is 5. The van der Waals surface area contributed by atoms with Crippen LogP contribution in [0.2, 0.25) is 0 Å². The van der Waals surface area contributed by atoms with Crippen molar-refractivity contribution < 1.29 is 0 Å². The predicted octanol–water partition coefficient (Wildman–Crippen LogP) is 5.13. The van der Waals surface area contributed by atoms with Crippen LogP contribution in [-0.4, -0.2) is 83.7 Å². The molecule has 0 saturated heterocycles. The Hall–Kier alpha value is -2.91. The van der Waals surface area contributed by atoms with Gasteiger partial charge in [-0.3, -0.25) is 9.80 Å². The highest BCUT2D eigenvalue weighted by Crippen LogP contribution is 2.34. The van der Waals surface area contributed by atoms with Crippen LogP contribution in [0.5, 0.6) is 0 Å². The zero-order valence-electron chi connectivity index (χ0n) is 27.2. The molecule has 0 bridgehead atoms. The van der Waals surface area contributed by atoms with Crippen molar-refractivity contribution in [1.82, 2.24) is 33.9 Å². The third-order valence-corrected chi connectivity index (χ3v) is 8.29. The predicted molar refractivity (Wildman–Crippen MR) is 169 cm³/mol. The maximum Gasteiger partial charge on any atom is 0.151 e. The molecule has 0 atom stereocenters. The van der Waals surface area contributed by atoms with Gasteiger partial charge in [-0.15, -0.1) is 0 Å².